The van der Waals surface area contributed by atoms with E-state index in [1.807, 2.05) is 0 Å². The molecule has 1 heteroatoms. The van der Waals surface area contributed by atoms with Gasteiger partial charge in [0.15, 0.2) is 0 Å². The molecule has 1 saturated carbocycles. The van der Waals surface area contributed by atoms with Crippen LogP contribution >= 0.6 is 0 Å². The minimum atomic E-state index is 0.169. The van der Waals surface area contributed by atoms with Gasteiger partial charge in [0, 0.05) is 5.41 Å². The van der Waals surface area contributed by atoms with E-state index in [-0.39, 0.29) is 11.3 Å². The highest BCUT2D eigenvalue weighted by molar-refractivity contribution is 5.40. The molecule has 4 rings (SSSR count). The average Bonchev–Trinajstić information content (AvgIpc) is 2.83. The Morgan fingerprint density at radius 2 is 2.05 bits per heavy atom. The smallest absolute Gasteiger partial charge is 0.0668 e. The van der Waals surface area contributed by atoms with E-state index in [0.29, 0.717) is 11.8 Å². The normalized spacial score (nSPS) is 38.2. The van der Waals surface area contributed by atoms with Crippen LogP contribution in [0, 0.1) is 28.6 Å². The molecular formula is C19H21N. The van der Waals surface area contributed by atoms with Crippen molar-refractivity contribution in [2.75, 3.05) is 0 Å². The van der Waals surface area contributed by atoms with Gasteiger partial charge in [-0.2, -0.15) is 5.26 Å². The highest BCUT2D eigenvalue weighted by atomic mass is 14.5. The molecule has 0 N–H and O–H groups in total. The molecule has 0 heterocycles. The van der Waals surface area contributed by atoms with Crippen LogP contribution in [-0.4, -0.2) is 0 Å². The van der Waals surface area contributed by atoms with E-state index in [1.54, 1.807) is 16.7 Å². The summed E-state index contributed by atoms with van der Waals surface area (Å²) in [7, 11) is 0. The van der Waals surface area contributed by atoms with E-state index < -0.39 is 0 Å². The standard InChI is InChI=1S/C19H21N/c1-19-11-10-16-15-5-3-2-4-13(15)6-8-17(16)18(19)9-7-14(19)12-20/h2-5,9,14,16-17H,6-8,10-11H2,1H3/t14?,16-,17-,19-/m1/s1. The van der Waals surface area contributed by atoms with Crippen LogP contribution in [0.25, 0.3) is 0 Å². The predicted molar refractivity (Wildman–Crippen MR) is 80.1 cm³/mol. The van der Waals surface area contributed by atoms with Crippen LogP contribution in [-0.2, 0) is 6.42 Å². The Balaban J connectivity index is 1.75. The number of aryl methyl sites for hydroxylation is 1. The van der Waals surface area contributed by atoms with Gasteiger partial charge < -0.3 is 0 Å². The number of fused-ring (bicyclic) bond motifs is 5. The lowest BCUT2D eigenvalue weighted by atomic mass is 9.56. The van der Waals surface area contributed by atoms with Crippen LogP contribution < -0.4 is 0 Å². The van der Waals surface area contributed by atoms with E-state index in [2.05, 4.69) is 43.3 Å². The zero-order valence-corrected chi connectivity index (χ0v) is 12.1. The molecule has 1 fully saturated rings. The van der Waals surface area contributed by atoms with Gasteiger partial charge in [-0.05, 0) is 55.1 Å². The Morgan fingerprint density at radius 1 is 1.20 bits per heavy atom. The van der Waals surface area contributed by atoms with Gasteiger partial charge in [-0.1, -0.05) is 42.8 Å². The van der Waals surface area contributed by atoms with Crippen LogP contribution in [0.2, 0.25) is 0 Å². The summed E-state index contributed by atoms with van der Waals surface area (Å²) in [6.45, 7) is 2.34. The Bertz CT molecular complexity index is 621. The number of nitriles is 1. The lowest BCUT2D eigenvalue weighted by molar-refractivity contribution is 0.186. The predicted octanol–water partition coefficient (Wildman–Crippen LogP) is 4.60. The largest absolute Gasteiger partial charge is 0.198 e. The quantitative estimate of drug-likeness (QED) is 0.627. The molecule has 1 unspecified atom stereocenters. The first-order chi connectivity index (χ1) is 9.74. The summed E-state index contributed by atoms with van der Waals surface area (Å²) in [5, 5.41) is 9.44. The molecule has 1 nitrogen and oxygen atoms in total. The summed E-state index contributed by atoms with van der Waals surface area (Å²) in [5.74, 6) is 1.62. The van der Waals surface area contributed by atoms with Gasteiger partial charge in [-0.25, -0.2) is 0 Å². The minimum absolute atomic E-state index is 0.169. The maximum atomic E-state index is 9.44. The van der Waals surface area contributed by atoms with Crippen molar-refractivity contribution in [1.29, 1.82) is 5.26 Å². The third-order valence-electron chi connectivity index (χ3n) is 6.20. The first-order valence-corrected chi connectivity index (χ1v) is 7.92. The fourth-order valence-corrected chi connectivity index (χ4v) is 5.06. The van der Waals surface area contributed by atoms with Crippen molar-refractivity contribution in [1.82, 2.24) is 0 Å². The second kappa shape index (κ2) is 4.22. The molecule has 102 valence electrons. The summed E-state index contributed by atoms with van der Waals surface area (Å²) in [6, 6.07) is 11.6. The average molecular weight is 263 g/mol. The van der Waals surface area contributed by atoms with Gasteiger partial charge in [-0.15, -0.1) is 0 Å². The molecule has 3 aliphatic carbocycles. The van der Waals surface area contributed by atoms with Crippen molar-refractivity contribution < 1.29 is 0 Å². The summed E-state index contributed by atoms with van der Waals surface area (Å²) in [4.78, 5) is 0. The van der Waals surface area contributed by atoms with Crippen molar-refractivity contribution in [2.45, 2.75) is 44.9 Å². The maximum Gasteiger partial charge on any atom is 0.0668 e. The van der Waals surface area contributed by atoms with E-state index in [4.69, 9.17) is 0 Å². The molecule has 1 aromatic carbocycles. The Morgan fingerprint density at radius 3 is 2.90 bits per heavy atom. The summed E-state index contributed by atoms with van der Waals surface area (Å²) < 4.78 is 0. The zero-order chi connectivity index (χ0) is 13.7. The van der Waals surface area contributed by atoms with Gasteiger partial charge in [0.1, 0.15) is 0 Å². The summed E-state index contributed by atoms with van der Waals surface area (Å²) in [5.41, 5.74) is 4.94. The number of allylic oxidation sites excluding steroid dienone is 2. The number of rotatable bonds is 0. The van der Waals surface area contributed by atoms with E-state index in [0.717, 1.165) is 6.42 Å². The van der Waals surface area contributed by atoms with Gasteiger partial charge in [-0.3, -0.25) is 0 Å². The molecule has 1 aromatic rings. The molecule has 0 saturated heterocycles. The van der Waals surface area contributed by atoms with Crippen molar-refractivity contribution in [3.8, 4) is 6.07 Å². The SMILES string of the molecule is C[C@]12CC[C@@H]3c4ccccc4CC[C@H]3C1=CCC2C#N. The first-order valence-electron chi connectivity index (χ1n) is 7.92. The molecule has 20 heavy (non-hydrogen) atoms. The number of nitrogens with zero attached hydrogens (tertiary/aromatic N) is 1. The second-order valence-electron chi connectivity index (χ2n) is 6.98. The Labute approximate surface area is 121 Å². The number of hydrogen-bond donors (Lipinski definition) is 0. The minimum Gasteiger partial charge on any atom is -0.198 e. The monoisotopic (exact) mass is 263 g/mol. The number of hydrogen-bond acceptors (Lipinski definition) is 1. The second-order valence-corrected chi connectivity index (χ2v) is 6.98. The Hall–Kier alpha value is -1.55. The zero-order valence-electron chi connectivity index (χ0n) is 12.1. The van der Waals surface area contributed by atoms with Crippen molar-refractivity contribution in [2.24, 2.45) is 17.3 Å². The molecular weight excluding hydrogens is 242 g/mol. The lowest BCUT2D eigenvalue weighted by Gasteiger charge is -2.47. The van der Waals surface area contributed by atoms with E-state index >= 15 is 0 Å². The lowest BCUT2D eigenvalue weighted by Crippen LogP contribution is -2.37. The Kier molecular flexibility index (Phi) is 2.58. The molecule has 0 bridgehead atoms. The molecule has 0 spiro atoms. The van der Waals surface area contributed by atoms with Gasteiger partial charge in [0.25, 0.3) is 0 Å². The molecule has 3 aliphatic rings. The molecule has 0 aromatic heterocycles. The van der Waals surface area contributed by atoms with Crippen LogP contribution in [0.3, 0.4) is 0 Å². The van der Waals surface area contributed by atoms with Crippen molar-refractivity contribution >= 4 is 0 Å². The van der Waals surface area contributed by atoms with E-state index in [9.17, 15) is 5.26 Å². The third kappa shape index (κ3) is 1.48. The molecule has 4 atom stereocenters. The van der Waals surface area contributed by atoms with Gasteiger partial charge >= 0.3 is 0 Å². The topological polar surface area (TPSA) is 23.8 Å². The summed E-state index contributed by atoms with van der Waals surface area (Å²) in [6.07, 6.45) is 8.33. The fourth-order valence-electron chi connectivity index (χ4n) is 5.06. The van der Waals surface area contributed by atoms with Crippen molar-refractivity contribution in [3.05, 3.63) is 47.0 Å². The number of benzene rings is 1. The van der Waals surface area contributed by atoms with Crippen LogP contribution in [0.1, 0.15) is 49.7 Å². The molecule has 0 aliphatic heterocycles. The van der Waals surface area contributed by atoms with Crippen LogP contribution in [0.4, 0.5) is 0 Å². The first kappa shape index (κ1) is 12.2. The third-order valence-corrected chi connectivity index (χ3v) is 6.20. The van der Waals surface area contributed by atoms with Crippen LogP contribution in [0.5, 0.6) is 0 Å². The van der Waals surface area contributed by atoms with Crippen LogP contribution in [0.15, 0.2) is 35.9 Å². The van der Waals surface area contributed by atoms with E-state index in [1.165, 1.54) is 25.7 Å². The fraction of sp³-hybridized carbons (Fsp3) is 0.526. The highest BCUT2D eigenvalue weighted by Gasteiger charge is 2.50. The van der Waals surface area contributed by atoms with Crippen molar-refractivity contribution in [3.63, 3.8) is 0 Å². The van der Waals surface area contributed by atoms with Gasteiger partial charge in [0.05, 0.1) is 12.0 Å². The van der Waals surface area contributed by atoms with Gasteiger partial charge in [0.2, 0.25) is 0 Å². The maximum absolute atomic E-state index is 9.44. The highest BCUT2D eigenvalue weighted by Crippen LogP contribution is 2.60. The molecule has 0 radical (unpaired) electrons. The summed E-state index contributed by atoms with van der Waals surface area (Å²) >= 11 is 0. The molecule has 0 amide bonds.